The molecule has 0 aliphatic carbocycles. The van der Waals surface area contributed by atoms with Gasteiger partial charge in [-0.3, -0.25) is 9.59 Å². The summed E-state index contributed by atoms with van der Waals surface area (Å²) in [5.74, 6) is 0.661. The number of rotatable bonds is 10. The SMILES string of the molecule is CC[C@H](C)NC(=O)[C@H](C)N(Cc1cccc(OC)c1)C(=O)COc1ccc(Cl)cc1Br. The van der Waals surface area contributed by atoms with Gasteiger partial charge >= 0.3 is 0 Å². The lowest BCUT2D eigenvalue weighted by molar-refractivity contribution is -0.142. The van der Waals surface area contributed by atoms with E-state index in [-0.39, 0.29) is 31.0 Å². The summed E-state index contributed by atoms with van der Waals surface area (Å²) in [5.41, 5.74) is 0.851. The standard InChI is InChI=1S/C23H28BrClN2O4/c1-5-15(2)26-23(29)16(3)27(13-17-7-6-8-19(11-17)30-4)22(28)14-31-21-10-9-18(25)12-20(21)24/h6-12,15-16H,5,13-14H2,1-4H3,(H,26,29)/t15-,16-/m0/s1. The molecule has 1 N–H and O–H groups in total. The summed E-state index contributed by atoms with van der Waals surface area (Å²) in [6, 6.07) is 11.8. The molecule has 2 aromatic rings. The quantitative estimate of drug-likeness (QED) is 0.496. The third-order valence-corrected chi connectivity index (χ3v) is 5.76. The van der Waals surface area contributed by atoms with Gasteiger partial charge in [0, 0.05) is 17.6 Å². The average Bonchev–Trinajstić information content (AvgIpc) is 2.76. The number of halogens is 2. The molecule has 0 radical (unpaired) electrons. The number of hydrogen-bond donors (Lipinski definition) is 1. The second kappa shape index (κ2) is 12.0. The van der Waals surface area contributed by atoms with E-state index in [1.54, 1.807) is 32.2 Å². The predicted octanol–water partition coefficient (Wildman–Crippen LogP) is 4.82. The van der Waals surface area contributed by atoms with E-state index in [0.717, 1.165) is 12.0 Å². The molecular weight excluding hydrogens is 484 g/mol. The highest BCUT2D eigenvalue weighted by atomic mass is 79.9. The fourth-order valence-corrected chi connectivity index (χ4v) is 3.63. The first-order valence-electron chi connectivity index (χ1n) is 10.1. The summed E-state index contributed by atoms with van der Waals surface area (Å²) in [7, 11) is 1.59. The molecule has 0 unspecified atom stereocenters. The lowest BCUT2D eigenvalue weighted by Crippen LogP contribution is -2.50. The van der Waals surface area contributed by atoms with Gasteiger partial charge in [0.05, 0.1) is 11.6 Å². The molecule has 0 aliphatic rings. The van der Waals surface area contributed by atoms with Crippen LogP contribution in [0.1, 0.15) is 32.8 Å². The zero-order chi connectivity index (χ0) is 23.0. The van der Waals surface area contributed by atoms with E-state index in [9.17, 15) is 9.59 Å². The van der Waals surface area contributed by atoms with Crippen molar-refractivity contribution >= 4 is 39.3 Å². The number of carbonyl (C=O) groups excluding carboxylic acids is 2. The predicted molar refractivity (Wildman–Crippen MR) is 126 cm³/mol. The highest BCUT2D eigenvalue weighted by Crippen LogP contribution is 2.28. The molecule has 0 fully saturated rings. The van der Waals surface area contributed by atoms with Crippen LogP contribution < -0.4 is 14.8 Å². The molecule has 0 heterocycles. The number of ether oxygens (including phenoxy) is 2. The monoisotopic (exact) mass is 510 g/mol. The van der Waals surface area contributed by atoms with Gasteiger partial charge in [0.25, 0.3) is 5.91 Å². The molecule has 0 aromatic heterocycles. The smallest absolute Gasteiger partial charge is 0.261 e. The van der Waals surface area contributed by atoms with Crippen molar-refractivity contribution in [2.45, 2.75) is 45.8 Å². The third kappa shape index (κ3) is 7.43. The Labute approximate surface area is 197 Å². The molecule has 6 nitrogen and oxygen atoms in total. The zero-order valence-corrected chi connectivity index (χ0v) is 20.5. The Hall–Kier alpha value is -2.25. The van der Waals surface area contributed by atoms with Crippen LogP contribution in [0, 0.1) is 0 Å². The van der Waals surface area contributed by atoms with Crippen LogP contribution in [0.4, 0.5) is 0 Å². The maximum atomic E-state index is 13.1. The molecule has 0 saturated heterocycles. The summed E-state index contributed by atoms with van der Waals surface area (Å²) >= 11 is 9.34. The maximum Gasteiger partial charge on any atom is 0.261 e. The number of amides is 2. The van der Waals surface area contributed by atoms with Gasteiger partial charge in [-0.25, -0.2) is 0 Å². The summed E-state index contributed by atoms with van der Waals surface area (Å²) in [6.07, 6.45) is 0.802. The minimum atomic E-state index is -0.676. The van der Waals surface area contributed by atoms with E-state index in [1.165, 1.54) is 4.90 Å². The van der Waals surface area contributed by atoms with Crippen molar-refractivity contribution < 1.29 is 19.1 Å². The van der Waals surface area contributed by atoms with E-state index >= 15 is 0 Å². The molecule has 8 heteroatoms. The molecule has 2 amide bonds. The molecule has 31 heavy (non-hydrogen) atoms. The molecule has 2 atom stereocenters. The van der Waals surface area contributed by atoms with Gasteiger partial charge in [0.15, 0.2) is 6.61 Å². The summed E-state index contributed by atoms with van der Waals surface area (Å²) in [4.78, 5) is 27.4. The van der Waals surface area contributed by atoms with E-state index in [1.807, 2.05) is 38.1 Å². The number of benzene rings is 2. The van der Waals surface area contributed by atoms with E-state index in [0.29, 0.717) is 21.0 Å². The Morgan fingerprint density at radius 2 is 1.94 bits per heavy atom. The highest BCUT2D eigenvalue weighted by Gasteiger charge is 2.27. The first-order chi connectivity index (χ1) is 14.7. The number of nitrogens with one attached hydrogen (secondary N) is 1. The Balaban J connectivity index is 2.20. The molecule has 0 saturated carbocycles. The number of hydrogen-bond acceptors (Lipinski definition) is 4. The molecule has 168 valence electrons. The van der Waals surface area contributed by atoms with Crippen LogP contribution in [0.25, 0.3) is 0 Å². The summed E-state index contributed by atoms with van der Waals surface area (Å²) < 4.78 is 11.6. The van der Waals surface area contributed by atoms with Crippen molar-refractivity contribution in [1.82, 2.24) is 10.2 Å². The van der Waals surface area contributed by atoms with Crippen LogP contribution in [0.2, 0.25) is 5.02 Å². The Bertz CT molecular complexity index is 909. The third-order valence-electron chi connectivity index (χ3n) is 4.90. The largest absolute Gasteiger partial charge is 0.497 e. The molecule has 2 rings (SSSR count). The van der Waals surface area contributed by atoms with Crippen LogP contribution in [-0.2, 0) is 16.1 Å². The molecule has 2 aromatic carbocycles. The first kappa shape index (κ1) is 25.0. The van der Waals surface area contributed by atoms with Crippen LogP contribution in [-0.4, -0.2) is 42.5 Å². The van der Waals surface area contributed by atoms with Gasteiger partial charge in [-0.1, -0.05) is 30.7 Å². The van der Waals surface area contributed by atoms with Gasteiger partial charge < -0.3 is 19.7 Å². The van der Waals surface area contributed by atoms with Crippen molar-refractivity contribution in [2.75, 3.05) is 13.7 Å². The normalized spacial score (nSPS) is 12.6. The summed E-state index contributed by atoms with van der Waals surface area (Å²) in [6.45, 7) is 5.67. The van der Waals surface area contributed by atoms with E-state index in [2.05, 4.69) is 21.2 Å². The van der Waals surface area contributed by atoms with Gasteiger partial charge in [0.2, 0.25) is 5.91 Å². The highest BCUT2D eigenvalue weighted by molar-refractivity contribution is 9.10. The van der Waals surface area contributed by atoms with Crippen molar-refractivity contribution in [3.63, 3.8) is 0 Å². The van der Waals surface area contributed by atoms with Gasteiger partial charge in [0.1, 0.15) is 17.5 Å². The average molecular weight is 512 g/mol. The van der Waals surface area contributed by atoms with Gasteiger partial charge in [-0.2, -0.15) is 0 Å². The second-order valence-electron chi connectivity index (χ2n) is 7.23. The first-order valence-corrected chi connectivity index (χ1v) is 11.2. The lowest BCUT2D eigenvalue weighted by atomic mass is 10.1. The van der Waals surface area contributed by atoms with Gasteiger partial charge in [-0.15, -0.1) is 0 Å². The summed E-state index contributed by atoms with van der Waals surface area (Å²) in [5, 5.41) is 3.50. The van der Waals surface area contributed by atoms with E-state index < -0.39 is 6.04 Å². The van der Waals surface area contributed by atoms with Crippen LogP contribution in [0.3, 0.4) is 0 Å². The number of nitrogens with zero attached hydrogens (tertiary/aromatic N) is 1. The van der Waals surface area contributed by atoms with Crippen molar-refractivity contribution in [3.8, 4) is 11.5 Å². The zero-order valence-electron chi connectivity index (χ0n) is 18.2. The Kier molecular flexibility index (Phi) is 9.65. The van der Waals surface area contributed by atoms with E-state index in [4.69, 9.17) is 21.1 Å². The molecule has 0 bridgehead atoms. The fraction of sp³-hybridized carbons (Fsp3) is 0.391. The fourth-order valence-electron chi connectivity index (χ4n) is 2.83. The molecule has 0 spiro atoms. The molecular formula is C23H28BrClN2O4. The van der Waals surface area contributed by atoms with Crippen molar-refractivity contribution in [3.05, 3.63) is 57.5 Å². The van der Waals surface area contributed by atoms with Crippen molar-refractivity contribution in [2.24, 2.45) is 0 Å². The van der Waals surface area contributed by atoms with Crippen LogP contribution >= 0.6 is 27.5 Å². The maximum absolute atomic E-state index is 13.1. The number of carbonyl (C=O) groups is 2. The van der Waals surface area contributed by atoms with Crippen molar-refractivity contribution in [1.29, 1.82) is 0 Å². The van der Waals surface area contributed by atoms with Crippen LogP contribution in [0.5, 0.6) is 11.5 Å². The Morgan fingerprint density at radius 3 is 2.58 bits per heavy atom. The minimum Gasteiger partial charge on any atom is -0.497 e. The Morgan fingerprint density at radius 1 is 1.19 bits per heavy atom. The lowest BCUT2D eigenvalue weighted by Gasteiger charge is -2.29. The topological polar surface area (TPSA) is 67.9 Å². The molecule has 0 aliphatic heterocycles. The van der Waals surface area contributed by atoms with Gasteiger partial charge in [-0.05, 0) is 72.1 Å². The van der Waals surface area contributed by atoms with Crippen LogP contribution in [0.15, 0.2) is 46.9 Å². The minimum absolute atomic E-state index is 0.0185. The number of methoxy groups -OCH3 is 1. The second-order valence-corrected chi connectivity index (χ2v) is 8.52.